The monoisotopic (exact) mass is 629 g/mol. The third kappa shape index (κ3) is 6.44. The summed E-state index contributed by atoms with van der Waals surface area (Å²) < 4.78 is 24.9. The molecule has 4 aliphatic carbocycles. The molecule has 6 aliphatic rings. The van der Waals surface area contributed by atoms with E-state index in [0.717, 1.165) is 54.8 Å². The van der Waals surface area contributed by atoms with Gasteiger partial charge in [0.1, 0.15) is 24.4 Å². The average Bonchev–Trinajstić information content (AvgIpc) is 3.32. The van der Waals surface area contributed by atoms with Crippen molar-refractivity contribution < 1.29 is 28.8 Å². The van der Waals surface area contributed by atoms with Crippen molar-refractivity contribution in [2.24, 2.45) is 46.3 Å². The van der Waals surface area contributed by atoms with Gasteiger partial charge in [0.15, 0.2) is 12.1 Å². The number of ether oxygens (including phenoxy) is 4. The maximum atomic E-state index is 12.2. The fourth-order valence-corrected chi connectivity index (χ4v) is 11.3. The Bertz CT molecular complexity index is 1110. The third-order valence-electron chi connectivity index (χ3n) is 13.6. The van der Waals surface area contributed by atoms with Gasteiger partial charge >= 0.3 is 0 Å². The van der Waals surface area contributed by atoms with E-state index in [1.807, 2.05) is 13.8 Å². The first-order valence-electron chi connectivity index (χ1n) is 18.5. The molecule has 7 heteroatoms. The van der Waals surface area contributed by atoms with Crippen molar-refractivity contribution in [3.8, 4) is 0 Å². The summed E-state index contributed by atoms with van der Waals surface area (Å²) in [5.74, 6) is 3.90. The minimum Gasteiger partial charge on any atom is -0.388 e. The lowest BCUT2D eigenvalue weighted by Gasteiger charge is -2.58. The van der Waals surface area contributed by atoms with Crippen molar-refractivity contribution in [1.82, 2.24) is 5.32 Å². The molecule has 3 saturated carbocycles. The number of carbonyl (C=O) groups is 1. The van der Waals surface area contributed by atoms with Crippen LogP contribution in [0.4, 0.5) is 0 Å². The number of amides is 1. The van der Waals surface area contributed by atoms with Gasteiger partial charge in [0, 0.05) is 6.92 Å². The zero-order valence-electron chi connectivity index (χ0n) is 29.5. The third-order valence-corrected chi connectivity index (χ3v) is 13.6. The minimum atomic E-state index is -0.950. The first-order valence-corrected chi connectivity index (χ1v) is 18.5. The summed E-state index contributed by atoms with van der Waals surface area (Å²) >= 11 is 0. The normalized spacial score (nSPS) is 46.3. The highest BCUT2D eigenvalue weighted by atomic mass is 16.8. The van der Waals surface area contributed by atoms with Crippen LogP contribution in [0, 0.1) is 46.3 Å². The average molecular weight is 630 g/mol. The topological polar surface area (TPSA) is 86.3 Å². The number of rotatable bonds is 8. The van der Waals surface area contributed by atoms with Crippen LogP contribution < -0.4 is 5.32 Å². The van der Waals surface area contributed by atoms with Crippen molar-refractivity contribution in [2.75, 3.05) is 6.61 Å². The van der Waals surface area contributed by atoms with Gasteiger partial charge < -0.3 is 29.4 Å². The molecule has 1 amide bonds. The number of aliphatic hydroxyl groups excluding tert-OH is 1. The van der Waals surface area contributed by atoms with Gasteiger partial charge in [-0.05, 0) is 112 Å². The van der Waals surface area contributed by atoms with Gasteiger partial charge in [0.2, 0.25) is 5.91 Å². The van der Waals surface area contributed by atoms with Crippen LogP contribution in [0.3, 0.4) is 0 Å². The van der Waals surface area contributed by atoms with E-state index in [-0.39, 0.29) is 17.4 Å². The SMILES string of the molecule is CC(=O)NC1C(OC2CCC3(C)C(=CCC4C3CCC3(C)C(C(C)CCCC(C)C)CCC43)C2)OC2COC(C)(C)OC2C1O. The molecular formula is C38H63NO6. The van der Waals surface area contributed by atoms with E-state index in [0.29, 0.717) is 12.0 Å². The van der Waals surface area contributed by atoms with E-state index in [1.165, 1.54) is 58.3 Å². The van der Waals surface area contributed by atoms with Crippen molar-refractivity contribution in [3.63, 3.8) is 0 Å². The van der Waals surface area contributed by atoms with E-state index in [9.17, 15) is 9.90 Å². The molecule has 0 aromatic rings. The van der Waals surface area contributed by atoms with Crippen LogP contribution in [-0.4, -0.2) is 60.2 Å². The van der Waals surface area contributed by atoms with Crippen LogP contribution in [0.5, 0.6) is 0 Å². The standard InChI is InChI=1S/C38H63NO6/c1-22(2)10-9-11-23(3)28-14-15-29-27-13-12-25-20-26(16-18-37(25,7)30(27)17-19-38(28,29)8)43-35-32(39-24(4)40)33(41)34-31(44-35)21-42-36(5,6)45-34/h12,22-23,26-35,41H,9-11,13-21H2,1-8H3,(H,39,40). The highest BCUT2D eigenvalue weighted by Crippen LogP contribution is 2.67. The number of allylic oxidation sites excluding steroid dienone is 1. The molecule has 45 heavy (non-hydrogen) atoms. The largest absolute Gasteiger partial charge is 0.388 e. The molecule has 2 aliphatic heterocycles. The number of carbonyl (C=O) groups excluding carboxylic acids is 1. The van der Waals surface area contributed by atoms with Gasteiger partial charge in [-0.1, -0.05) is 65.5 Å². The Hall–Kier alpha value is -0.990. The van der Waals surface area contributed by atoms with Gasteiger partial charge in [-0.25, -0.2) is 0 Å². The summed E-state index contributed by atoms with van der Waals surface area (Å²) in [6.07, 6.45) is 13.8. The molecule has 13 unspecified atom stereocenters. The molecule has 0 spiro atoms. The predicted molar refractivity (Wildman–Crippen MR) is 175 cm³/mol. The molecule has 7 nitrogen and oxygen atoms in total. The second-order valence-electron chi connectivity index (χ2n) is 17.3. The van der Waals surface area contributed by atoms with E-state index in [2.05, 4.69) is 46.0 Å². The summed E-state index contributed by atoms with van der Waals surface area (Å²) in [7, 11) is 0. The number of hydrogen-bond acceptors (Lipinski definition) is 6. The molecule has 256 valence electrons. The maximum absolute atomic E-state index is 12.2. The Morgan fingerprint density at radius 1 is 1.07 bits per heavy atom. The highest BCUT2D eigenvalue weighted by Gasteiger charge is 2.59. The summed E-state index contributed by atoms with van der Waals surface area (Å²) in [5.41, 5.74) is 2.30. The smallest absolute Gasteiger partial charge is 0.217 e. The second-order valence-corrected chi connectivity index (χ2v) is 17.3. The van der Waals surface area contributed by atoms with Crippen LogP contribution in [0.2, 0.25) is 0 Å². The van der Waals surface area contributed by atoms with Crippen molar-refractivity contribution in [2.45, 2.75) is 169 Å². The van der Waals surface area contributed by atoms with E-state index >= 15 is 0 Å². The number of aliphatic hydroxyl groups is 1. The molecule has 0 aromatic heterocycles. The quantitative estimate of drug-likeness (QED) is 0.277. The Kier molecular flexibility index (Phi) is 9.64. The van der Waals surface area contributed by atoms with Crippen LogP contribution in [-0.2, 0) is 23.7 Å². The lowest BCUT2D eigenvalue weighted by Crippen LogP contribution is -2.68. The fourth-order valence-electron chi connectivity index (χ4n) is 11.3. The molecule has 6 rings (SSSR count). The Balaban J connectivity index is 1.12. The molecule has 2 saturated heterocycles. The number of hydrogen-bond donors (Lipinski definition) is 2. The van der Waals surface area contributed by atoms with Crippen LogP contribution in [0.25, 0.3) is 0 Å². The summed E-state index contributed by atoms with van der Waals surface area (Å²) in [5, 5.41) is 14.3. The zero-order valence-corrected chi connectivity index (χ0v) is 29.5. The van der Waals surface area contributed by atoms with Gasteiger partial charge in [-0.15, -0.1) is 0 Å². The minimum absolute atomic E-state index is 0.0100. The summed E-state index contributed by atoms with van der Waals surface area (Å²) in [6.45, 7) is 18.0. The Morgan fingerprint density at radius 3 is 2.58 bits per heavy atom. The van der Waals surface area contributed by atoms with Crippen molar-refractivity contribution >= 4 is 5.91 Å². The molecule has 0 bridgehead atoms. The molecule has 0 aromatic carbocycles. The van der Waals surface area contributed by atoms with Gasteiger partial charge in [-0.2, -0.15) is 0 Å². The Labute approximate surface area is 272 Å². The fraction of sp³-hybridized carbons (Fsp3) is 0.921. The first-order chi connectivity index (χ1) is 21.2. The molecule has 13 atom stereocenters. The second kappa shape index (κ2) is 12.8. The Morgan fingerprint density at radius 2 is 1.84 bits per heavy atom. The predicted octanol–water partition coefficient (Wildman–Crippen LogP) is 7.16. The van der Waals surface area contributed by atoms with E-state index in [4.69, 9.17) is 18.9 Å². The number of nitrogens with one attached hydrogen (secondary N) is 1. The molecule has 0 radical (unpaired) electrons. The van der Waals surface area contributed by atoms with Crippen molar-refractivity contribution in [3.05, 3.63) is 11.6 Å². The van der Waals surface area contributed by atoms with Crippen LogP contribution in [0.1, 0.15) is 126 Å². The lowest BCUT2D eigenvalue weighted by molar-refractivity contribution is -0.372. The van der Waals surface area contributed by atoms with Crippen molar-refractivity contribution in [1.29, 1.82) is 0 Å². The molecular weight excluding hydrogens is 566 g/mol. The summed E-state index contributed by atoms with van der Waals surface area (Å²) in [4.78, 5) is 12.2. The lowest BCUT2D eigenvalue weighted by atomic mass is 9.47. The van der Waals surface area contributed by atoms with Crippen LogP contribution in [0.15, 0.2) is 11.6 Å². The maximum Gasteiger partial charge on any atom is 0.217 e. The molecule has 5 fully saturated rings. The van der Waals surface area contributed by atoms with Gasteiger partial charge in [0.05, 0.1) is 12.7 Å². The molecule has 2 N–H and O–H groups in total. The van der Waals surface area contributed by atoms with Gasteiger partial charge in [-0.3, -0.25) is 4.79 Å². The summed E-state index contributed by atoms with van der Waals surface area (Å²) in [6, 6.07) is -0.699. The molecule has 2 heterocycles. The van der Waals surface area contributed by atoms with E-state index in [1.54, 1.807) is 5.57 Å². The highest BCUT2D eigenvalue weighted by molar-refractivity contribution is 5.73. The number of fused-ring (bicyclic) bond motifs is 6. The van der Waals surface area contributed by atoms with E-state index < -0.39 is 36.4 Å². The van der Waals surface area contributed by atoms with Crippen LogP contribution >= 0.6 is 0 Å². The first kappa shape index (κ1) is 33.9. The zero-order chi connectivity index (χ0) is 32.3. The van der Waals surface area contributed by atoms with Gasteiger partial charge in [0.25, 0.3) is 0 Å².